The lowest BCUT2D eigenvalue weighted by Crippen LogP contribution is -2.48. The zero-order chi connectivity index (χ0) is 23.9. The van der Waals surface area contributed by atoms with E-state index in [4.69, 9.17) is 4.74 Å². The molecule has 0 aliphatic carbocycles. The topological polar surface area (TPSA) is 49.9 Å². The number of aryl methyl sites for hydroxylation is 1. The van der Waals surface area contributed by atoms with Gasteiger partial charge in [0.15, 0.2) is 0 Å². The van der Waals surface area contributed by atoms with Gasteiger partial charge in [0.1, 0.15) is 18.9 Å². The lowest BCUT2D eigenvalue weighted by Gasteiger charge is -2.37. The second kappa shape index (κ2) is 11.2. The molecule has 2 aromatic carbocycles. The molecule has 0 saturated carbocycles. The highest BCUT2D eigenvalue weighted by Crippen LogP contribution is 2.34. The number of hydrogen-bond acceptors (Lipinski definition) is 4. The first-order valence-electron chi connectivity index (χ1n) is 11.5. The van der Waals surface area contributed by atoms with Gasteiger partial charge >= 0.3 is 0 Å². The van der Waals surface area contributed by atoms with E-state index in [1.807, 2.05) is 66.4 Å². The Morgan fingerprint density at radius 3 is 2.68 bits per heavy atom. The van der Waals surface area contributed by atoms with Crippen LogP contribution in [0.1, 0.15) is 27.6 Å². The summed E-state index contributed by atoms with van der Waals surface area (Å²) in [6.07, 6.45) is 2.75. The molecule has 1 unspecified atom stereocenters. The van der Waals surface area contributed by atoms with Crippen LogP contribution in [0.3, 0.4) is 0 Å². The molecule has 0 radical (unpaired) electrons. The number of thiophene rings is 1. The molecule has 2 amide bonds. The van der Waals surface area contributed by atoms with Gasteiger partial charge in [-0.15, -0.1) is 17.9 Å². The van der Waals surface area contributed by atoms with Gasteiger partial charge in [0.25, 0.3) is 0 Å². The van der Waals surface area contributed by atoms with Crippen LogP contribution in [0.25, 0.3) is 0 Å². The Balaban J connectivity index is 1.49. The van der Waals surface area contributed by atoms with E-state index in [1.165, 1.54) is 4.88 Å². The Morgan fingerprint density at radius 2 is 1.91 bits per heavy atom. The van der Waals surface area contributed by atoms with E-state index >= 15 is 0 Å². The minimum absolute atomic E-state index is 0.0258. The first-order valence-corrected chi connectivity index (χ1v) is 12.4. The second-order valence-corrected chi connectivity index (χ2v) is 9.45. The van der Waals surface area contributed by atoms with Gasteiger partial charge in [-0.2, -0.15) is 0 Å². The van der Waals surface area contributed by atoms with Crippen LogP contribution in [-0.2, 0) is 22.4 Å². The van der Waals surface area contributed by atoms with Crippen molar-refractivity contribution in [1.29, 1.82) is 0 Å². The highest BCUT2D eigenvalue weighted by atomic mass is 32.1. The van der Waals surface area contributed by atoms with E-state index in [1.54, 1.807) is 22.3 Å². The number of carbonyl (C=O) groups is 2. The molecule has 1 aromatic heterocycles. The molecule has 0 saturated heterocycles. The fourth-order valence-corrected chi connectivity index (χ4v) is 5.24. The molecule has 0 bridgehead atoms. The van der Waals surface area contributed by atoms with E-state index in [0.29, 0.717) is 19.7 Å². The summed E-state index contributed by atoms with van der Waals surface area (Å²) in [6.45, 7) is 7.14. The molecule has 4 rings (SSSR count). The van der Waals surface area contributed by atoms with Crippen LogP contribution in [0.5, 0.6) is 5.75 Å². The number of ether oxygens (including phenoxy) is 1. The molecule has 1 aliphatic heterocycles. The molecule has 176 valence electrons. The number of rotatable bonds is 9. The molecule has 0 N–H and O–H groups in total. The van der Waals surface area contributed by atoms with Crippen molar-refractivity contribution in [3.63, 3.8) is 0 Å². The van der Waals surface area contributed by atoms with Crippen molar-refractivity contribution in [1.82, 2.24) is 9.80 Å². The van der Waals surface area contributed by atoms with Crippen molar-refractivity contribution in [2.45, 2.75) is 25.8 Å². The summed E-state index contributed by atoms with van der Waals surface area (Å²) in [5.74, 6) is 0.669. The van der Waals surface area contributed by atoms with Crippen LogP contribution in [-0.4, -0.2) is 47.9 Å². The van der Waals surface area contributed by atoms with Crippen LogP contribution < -0.4 is 4.74 Å². The number of hydrogen-bond donors (Lipinski definition) is 0. The van der Waals surface area contributed by atoms with Crippen molar-refractivity contribution in [3.05, 3.63) is 100 Å². The van der Waals surface area contributed by atoms with E-state index in [9.17, 15) is 9.59 Å². The van der Waals surface area contributed by atoms with Crippen molar-refractivity contribution in [2.75, 3.05) is 26.2 Å². The minimum atomic E-state index is -0.183. The lowest BCUT2D eigenvalue weighted by atomic mass is 10.00. The standard InChI is InChI=1S/C28H30N2O3S/c1-3-15-29(27(31)18-22-10-5-4-6-11-22)19-28(32)30-16-13-26-23(14-17-34-26)24(30)20-33-25-12-8-7-9-21(25)2/h3-12,14,17,24H,1,13,15-16,18-20H2,2H3. The predicted octanol–water partition coefficient (Wildman–Crippen LogP) is 4.82. The zero-order valence-corrected chi connectivity index (χ0v) is 20.3. The van der Waals surface area contributed by atoms with Crippen molar-refractivity contribution in [3.8, 4) is 5.75 Å². The smallest absolute Gasteiger partial charge is 0.242 e. The summed E-state index contributed by atoms with van der Waals surface area (Å²) in [5, 5.41) is 2.08. The Bertz CT molecular complexity index is 1140. The molecule has 34 heavy (non-hydrogen) atoms. The molecule has 6 heteroatoms. The van der Waals surface area contributed by atoms with E-state index in [-0.39, 0.29) is 30.8 Å². The SMILES string of the molecule is C=CCN(CC(=O)N1CCc2sccc2C1COc1ccccc1C)C(=O)Cc1ccccc1. The maximum absolute atomic E-state index is 13.5. The first-order chi connectivity index (χ1) is 16.6. The molecule has 1 aliphatic rings. The zero-order valence-electron chi connectivity index (χ0n) is 19.5. The Labute approximate surface area is 205 Å². The highest BCUT2D eigenvalue weighted by Gasteiger charge is 2.33. The molecule has 1 atom stereocenters. The summed E-state index contributed by atoms with van der Waals surface area (Å²) < 4.78 is 6.18. The van der Waals surface area contributed by atoms with Gasteiger partial charge in [-0.25, -0.2) is 0 Å². The third-order valence-electron chi connectivity index (χ3n) is 6.13. The average molecular weight is 475 g/mol. The number of benzene rings is 2. The van der Waals surface area contributed by atoms with Crippen LogP contribution in [0.15, 0.2) is 78.7 Å². The van der Waals surface area contributed by atoms with Crippen molar-refractivity contribution >= 4 is 23.2 Å². The van der Waals surface area contributed by atoms with Gasteiger partial charge in [0.05, 0.1) is 12.5 Å². The Morgan fingerprint density at radius 1 is 1.15 bits per heavy atom. The van der Waals surface area contributed by atoms with Gasteiger partial charge in [-0.05, 0) is 47.5 Å². The fourth-order valence-electron chi connectivity index (χ4n) is 4.31. The van der Waals surface area contributed by atoms with E-state index in [0.717, 1.165) is 28.9 Å². The highest BCUT2D eigenvalue weighted by molar-refractivity contribution is 7.10. The summed E-state index contributed by atoms with van der Waals surface area (Å²) in [6, 6.07) is 19.4. The van der Waals surface area contributed by atoms with Crippen molar-refractivity contribution in [2.24, 2.45) is 0 Å². The molecule has 0 fully saturated rings. The molecular weight excluding hydrogens is 444 g/mol. The molecular formula is C28H30N2O3S. The Hall–Kier alpha value is -3.38. The summed E-state index contributed by atoms with van der Waals surface area (Å²) >= 11 is 1.72. The first kappa shape index (κ1) is 23.8. The van der Waals surface area contributed by atoms with Gasteiger partial charge in [-0.3, -0.25) is 9.59 Å². The third kappa shape index (κ3) is 5.57. The number of fused-ring (bicyclic) bond motifs is 1. The van der Waals surface area contributed by atoms with Gasteiger partial charge in [0.2, 0.25) is 11.8 Å². The quantitative estimate of drug-likeness (QED) is 0.418. The summed E-state index contributed by atoms with van der Waals surface area (Å²) in [5.41, 5.74) is 3.13. The number of para-hydroxylation sites is 1. The third-order valence-corrected chi connectivity index (χ3v) is 7.13. The van der Waals surface area contributed by atoms with Gasteiger partial charge in [-0.1, -0.05) is 54.6 Å². The van der Waals surface area contributed by atoms with E-state index in [2.05, 4.69) is 18.0 Å². The largest absolute Gasteiger partial charge is 0.491 e. The van der Waals surface area contributed by atoms with Crippen LogP contribution in [0.2, 0.25) is 0 Å². The van der Waals surface area contributed by atoms with Gasteiger partial charge in [0, 0.05) is 18.0 Å². The summed E-state index contributed by atoms with van der Waals surface area (Å²) in [7, 11) is 0. The van der Waals surface area contributed by atoms with E-state index < -0.39 is 0 Å². The average Bonchev–Trinajstić information content (AvgIpc) is 3.33. The molecule has 0 spiro atoms. The summed E-state index contributed by atoms with van der Waals surface area (Å²) in [4.78, 5) is 31.3. The van der Waals surface area contributed by atoms with Crippen molar-refractivity contribution < 1.29 is 14.3 Å². The molecule has 2 heterocycles. The minimum Gasteiger partial charge on any atom is -0.491 e. The van der Waals surface area contributed by atoms with Gasteiger partial charge < -0.3 is 14.5 Å². The van der Waals surface area contributed by atoms with Crippen LogP contribution in [0, 0.1) is 6.92 Å². The molecule has 3 aromatic rings. The second-order valence-electron chi connectivity index (χ2n) is 8.45. The van der Waals surface area contributed by atoms with Crippen LogP contribution >= 0.6 is 11.3 Å². The monoisotopic (exact) mass is 474 g/mol. The number of amides is 2. The maximum atomic E-state index is 13.5. The Kier molecular flexibility index (Phi) is 7.80. The predicted molar refractivity (Wildman–Crippen MR) is 136 cm³/mol. The van der Waals surface area contributed by atoms with Crippen LogP contribution in [0.4, 0.5) is 0 Å². The fraction of sp³-hybridized carbons (Fsp3) is 0.286. The lowest BCUT2D eigenvalue weighted by molar-refractivity contribution is -0.142. The number of nitrogens with zero attached hydrogens (tertiary/aromatic N) is 2. The molecule has 5 nitrogen and oxygen atoms in total. The maximum Gasteiger partial charge on any atom is 0.242 e. The normalized spacial score (nSPS) is 14.9. The number of carbonyl (C=O) groups excluding carboxylic acids is 2.